The summed E-state index contributed by atoms with van der Waals surface area (Å²) in [5.74, 6) is 0.801. The number of pyridine rings is 2. The van der Waals surface area contributed by atoms with Gasteiger partial charge in [0, 0.05) is 16.9 Å². The van der Waals surface area contributed by atoms with Crippen molar-refractivity contribution in [3.05, 3.63) is 60.0 Å². The Balaban J connectivity index is 1.95. The molecule has 0 radical (unpaired) electrons. The first-order valence-electron chi connectivity index (χ1n) is 6.40. The summed E-state index contributed by atoms with van der Waals surface area (Å²) in [4.78, 5) is 9.08. The summed E-state index contributed by atoms with van der Waals surface area (Å²) in [6, 6.07) is 13.8. The average Bonchev–Trinajstić information content (AvgIpc) is 3.05. The first-order valence-corrected chi connectivity index (χ1v) is 8.64. The molecule has 3 aromatic heterocycles. The number of rotatable bonds is 4. The molecule has 0 aromatic carbocycles. The molecule has 0 bridgehead atoms. The molecule has 0 aliphatic rings. The van der Waals surface area contributed by atoms with Crippen LogP contribution in [0.25, 0.3) is 17.2 Å². The number of halogens is 2. The Morgan fingerprint density at radius 2 is 1.52 bits per heavy atom. The van der Waals surface area contributed by atoms with E-state index in [-0.39, 0.29) is 0 Å². The third kappa shape index (κ3) is 3.22. The van der Waals surface area contributed by atoms with Gasteiger partial charge in [-0.25, -0.2) is 9.67 Å². The van der Waals surface area contributed by atoms with Gasteiger partial charge in [0.2, 0.25) is 0 Å². The molecule has 0 aliphatic heterocycles. The number of aromatic nitrogens is 4. The number of nitrogens with zero attached hydrogens (tertiary/aromatic N) is 4. The predicted molar refractivity (Wildman–Crippen MR) is 89.9 cm³/mol. The summed E-state index contributed by atoms with van der Waals surface area (Å²) >= 11 is 6.83. The van der Waals surface area contributed by atoms with Crippen LogP contribution in [0.2, 0.25) is 0 Å². The molecule has 4 nitrogen and oxygen atoms in total. The molecule has 0 amide bonds. The van der Waals surface area contributed by atoms with Crippen molar-refractivity contribution >= 4 is 31.9 Å². The Bertz CT molecular complexity index is 693. The van der Waals surface area contributed by atoms with Crippen molar-refractivity contribution in [2.45, 2.75) is 10.7 Å². The summed E-state index contributed by atoms with van der Waals surface area (Å²) in [6.45, 7) is 0. The van der Waals surface area contributed by atoms with Crippen LogP contribution in [-0.2, 0) is 10.7 Å². The van der Waals surface area contributed by atoms with E-state index in [9.17, 15) is 0 Å². The molecule has 3 aromatic rings. The lowest BCUT2D eigenvalue weighted by atomic mass is 10.2. The second-order valence-electron chi connectivity index (χ2n) is 4.41. The summed E-state index contributed by atoms with van der Waals surface area (Å²) in [7, 11) is 0. The van der Waals surface area contributed by atoms with E-state index in [0.29, 0.717) is 0 Å². The van der Waals surface area contributed by atoms with E-state index >= 15 is 0 Å². The highest BCUT2D eigenvalue weighted by Crippen LogP contribution is 2.17. The standard InChI is InChI=1S/C15H12Br2N4/c16-9-11-3-1-5-13(18-11)14-7-8-21(20-14)15-6-2-4-12(10-17)19-15/h1-8H,9-10H2. The molecule has 0 N–H and O–H groups in total. The molecular weight excluding hydrogens is 396 g/mol. The fourth-order valence-electron chi connectivity index (χ4n) is 1.95. The van der Waals surface area contributed by atoms with Gasteiger partial charge in [-0.1, -0.05) is 44.0 Å². The number of hydrogen-bond donors (Lipinski definition) is 0. The fraction of sp³-hybridized carbons (Fsp3) is 0.133. The highest BCUT2D eigenvalue weighted by Gasteiger charge is 2.07. The van der Waals surface area contributed by atoms with Crippen molar-refractivity contribution in [3.63, 3.8) is 0 Å². The van der Waals surface area contributed by atoms with E-state index in [1.807, 2.05) is 48.7 Å². The van der Waals surface area contributed by atoms with Gasteiger partial charge < -0.3 is 0 Å². The lowest BCUT2D eigenvalue weighted by Gasteiger charge is -2.02. The molecule has 0 aliphatic carbocycles. The van der Waals surface area contributed by atoms with Crippen LogP contribution in [-0.4, -0.2) is 19.7 Å². The third-order valence-electron chi connectivity index (χ3n) is 2.96. The van der Waals surface area contributed by atoms with Crippen molar-refractivity contribution in [2.75, 3.05) is 0 Å². The molecular formula is C15H12Br2N4. The summed E-state index contributed by atoms with van der Waals surface area (Å²) < 4.78 is 1.77. The minimum Gasteiger partial charge on any atom is -0.250 e. The second kappa shape index (κ2) is 6.49. The smallest absolute Gasteiger partial charge is 0.153 e. The topological polar surface area (TPSA) is 43.6 Å². The van der Waals surface area contributed by atoms with E-state index in [1.165, 1.54) is 0 Å². The maximum absolute atomic E-state index is 4.56. The minimum atomic E-state index is 0.726. The SMILES string of the molecule is BrCc1cccc(-c2ccn(-c3cccc(CBr)n3)n2)n1. The second-order valence-corrected chi connectivity index (χ2v) is 5.54. The molecule has 0 saturated carbocycles. The molecule has 3 rings (SSSR count). The van der Waals surface area contributed by atoms with Crippen molar-refractivity contribution in [3.8, 4) is 17.2 Å². The zero-order valence-electron chi connectivity index (χ0n) is 11.1. The van der Waals surface area contributed by atoms with Crippen LogP contribution in [0.15, 0.2) is 48.7 Å². The van der Waals surface area contributed by atoms with Gasteiger partial charge in [-0.05, 0) is 30.3 Å². The zero-order valence-corrected chi connectivity index (χ0v) is 14.2. The fourth-order valence-corrected chi connectivity index (χ4v) is 2.58. The van der Waals surface area contributed by atoms with Gasteiger partial charge in [-0.2, -0.15) is 5.10 Å². The normalized spacial score (nSPS) is 10.8. The summed E-state index contributed by atoms with van der Waals surface area (Å²) in [5, 5.41) is 6.02. The Hall–Kier alpha value is -1.53. The predicted octanol–water partition coefficient (Wildman–Crippen LogP) is 4.12. The van der Waals surface area contributed by atoms with E-state index in [1.54, 1.807) is 4.68 Å². The highest BCUT2D eigenvalue weighted by molar-refractivity contribution is 9.08. The molecule has 0 atom stereocenters. The lowest BCUT2D eigenvalue weighted by molar-refractivity contribution is 0.841. The van der Waals surface area contributed by atoms with Gasteiger partial charge in [0.05, 0.1) is 17.1 Å². The minimum absolute atomic E-state index is 0.726. The Morgan fingerprint density at radius 1 is 0.810 bits per heavy atom. The van der Waals surface area contributed by atoms with E-state index < -0.39 is 0 Å². The maximum Gasteiger partial charge on any atom is 0.153 e. The summed E-state index contributed by atoms with van der Waals surface area (Å²) in [5.41, 5.74) is 3.66. The van der Waals surface area contributed by atoms with Crippen LogP contribution in [0.5, 0.6) is 0 Å². The molecule has 0 fully saturated rings. The average molecular weight is 408 g/mol. The highest BCUT2D eigenvalue weighted by atomic mass is 79.9. The van der Waals surface area contributed by atoms with Crippen molar-refractivity contribution < 1.29 is 0 Å². The Kier molecular flexibility index (Phi) is 4.45. The van der Waals surface area contributed by atoms with Crippen LogP contribution >= 0.6 is 31.9 Å². The monoisotopic (exact) mass is 406 g/mol. The zero-order chi connectivity index (χ0) is 14.7. The third-order valence-corrected chi connectivity index (χ3v) is 4.11. The van der Waals surface area contributed by atoms with Crippen LogP contribution < -0.4 is 0 Å². The largest absolute Gasteiger partial charge is 0.250 e. The van der Waals surface area contributed by atoms with Crippen molar-refractivity contribution in [2.24, 2.45) is 0 Å². The van der Waals surface area contributed by atoms with Gasteiger partial charge >= 0.3 is 0 Å². The van der Waals surface area contributed by atoms with Crippen LogP contribution in [0.4, 0.5) is 0 Å². The molecule has 0 unspecified atom stereocenters. The first kappa shape index (κ1) is 14.4. The lowest BCUT2D eigenvalue weighted by Crippen LogP contribution is -2.00. The van der Waals surface area contributed by atoms with Gasteiger partial charge in [-0.15, -0.1) is 0 Å². The Labute approximate surface area is 139 Å². The van der Waals surface area contributed by atoms with E-state index in [0.717, 1.165) is 39.3 Å². The molecule has 3 heterocycles. The first-order chi connectivity index (χ1) is 10.3. The number of hydrogen-bond acceptors (Lipinski definition) is 3. The number of alkyl halides is 2. The maximum atomic E-state index is 4.56. The van der Waals surface area contributed by atoms with E-state index in [4.69, 9.17) is 0 Å². The quantitative estimate of drug-likeness (QED) is 0.611. The van der Waals surface area contributed by atoms with Crippen molar-refractivity contribution in [1.82, 2.24) is 19.7 Å². The van der Waals surface area contributed by atoms with Crippen LogP contribution in [0.3, 0.4) is 0 Å². The summed E-state index contributed by atoms with van der Waals surface area (Å²) in [6.07, 6.45) is 1.90. The van der Waals surface area contributed by atoms with Crippen molar-refractivity contribution in [1.29, 1.82) is 0 Å². The van der Waals surface area contributed by atoms with Gasteiger partial charge in [-0.3, -0.25) is 4.98 Å². The van der Waals surface area contributed by atoms with Crippen LogP contribution in [0.1, 0.15) is 11.4 Å². The molecule has 21 heavy (non-hydrogen) atoms. The molecule has 6 heteroatoms. The van der Waals surface area contributed by atoms with Crippen LogP contribution in [0, 0.1) is 0 Å². The molecule has 106 valence electrons. The van der Waals surface area contributed by atoms with Gasteiger partial charge in [0.25, 0.3) is 0 Å². The Morgan fingerprint density at radius 3 is 2.29 bits per heavy atom. The molecule has 0 saturated heterocycles. The van der Waals surface area contributed by atoms with E-state index in [2.05, 4.69) is 46.9 Å². The van der Waals surface area contributed by atoms with Gasteiger partial charge in [0.15, 0.2) is 5.82 Å². The molecule has 0 spiro atoms. The van der Waals surface area contributed by atoms with Gasteiger partial charge in [0.1, 0.15) is 5.69 Å².